The summed E-state index contributed by atoms with van der Waals surface area (Å²) in [4.78, 5) is 19.4. The maximum Gasteiger partial charge on any atom is 0.256 e. The van der Waals surface area contributed by atoms with Crippen molar-refractivity contribution in [2.24, 2.45) is 0 Å². The molecule has 4 aromatic rings. The third-order valence-electron chi connectivity index (χ3n) is 4.06. The highest BCUT2D eigenvalue weighted by Crippen LogP contribution is 2.36. The number of fused-ring (bicyclic) bond motifs is 5. The molecule has 0 aliphatic heterocycles. The van der Waals surface area contributed by atoms with Gasteiger partial charge in [-0.05, 0) is 18.2 Å². The molecule has 0 unspecified atom stereocenters. The predicted molar refractivity (Wildman–Crippen MR) is 88.9 cm³/mol. The average Bonchev–Trinajstić information content (AvgIpc) is 2.56. The van der Waals surface area contributed by atoms with Gasteiger partial charge in [0.2, 0.25) is 0 Å². The molecule has 7 heteroatoms. The molecule has 0 saturated carbocycles. The van der Waals surface area contributed by atoms with E-state index in [2.05, 4.69) is 9.97 Å². The fourth-order valence-corrected chi connectivity index (χ4v) is 2.88. The summed E-state index contributed by atoms with van der Waals surface area (Å²) in [6.45, 7) is 0. The highest BCUT2D eigenvalue weighted by atomic mass is 16.5. The van der Waals surface area contributed by atoms with E-state index in [0.717, 1.165) is 0 Å². The third-order valence-corrected chi connectivity index (χ3v) is 4.06. The Hall–Kier alpha value is -3.48. The van der Waals surface area contributed by atoms with Crippen molar-refractivity contribution in [3.63, 3.8) is 0 Å². The van der Waals surface area contributed by atoms with Gasteiger partial charge in [0.1, 0.15) is 0 Å². The van der Waals surface area contributed by atoms with Crippen LogP contribution in [0.1, 0.15) is 0 Å². The summed E-state index contributed by atoms with van der Waals surface area (Å²) in [5.74, 6) is -0.487. The van der Waals surface area contributed by atoms with Gasteiger partial charge >= 0.3 is 0 Å². The number of benzene rings is 2. The van der Waals surface area contributed by atoms with E-state index >= 15 is 0 Å². The van der Waals surface area contributed by atoms with E-state index in [1.165, 1.54) is 25.3 Å². The molecule has 0 amide bonds. The second-order valence-electron chi connectivity index (χ2n) is 5.43. The molecule has 7 nitrogen and oxygen atoms in total. The van der Waals surface area contributed by atoms with Crippen LogP contribution in [0.2, 0.25) is 0 Å². The van der Waals surface area contributed by atoms with Crippen LogP contribution in [-0.4, -0.2) is 32.4 Å². The van der Waals surface area contributed by atoms with Crippen LogP contribution in [-0.2, 0) is 0 Å². The number of methoxy groups -OCH3 is 1. The summed E-state index contributed by atoms with van der Waals surface area (Å²) in [6.07, 6.45) is 1.56. The SMILES string of the molecule is COc1cc2c(cc1O)c(=O)[nH]c1c3cc(O)c(O)cc3ncc21. The second kappa shape index (κ2) is 4.76. The van der Waals surface area contributed by atoms with E-state index in [9.17, 15) is 20.1 Å². The van der Waals surface area contributed by atoms with Gasteiger partial charge in [0.15, 0.2) is 23.0 Å². The van der Waals surface area contributed by atoms with Gasteiger partial charge in [-0.25, -0.2) is 0 Å². The summed E-state index contributed by atoms with van der Waals surface area (Å²) >= 11 is 0. The molecule has 0 aliphatic rings. The Bertz CT molecular complexity index is 1200. The van der Waals surface area contributed by atoms with Crippen molar-refractivity contribution in [2.75, 3.05) is 7.11 Å². The Kier molecular flexibility index (Phi) is 2.80. The minimum Gasteiger partial charge on any atom is -0.504 e. The molecule has 120 valence electrons. The lowest BCUT2D eigenvalue weighted by Gasteiger charge is -2.10. The summed E-state index contributed by atoms with van der Waals surface area (Å²) < 4.78 is 5.11. The van der Waals surface area contributed by atoms with Crippen LogP contribution in [0.5, 0.6) is 23.0 Å². The molecule has 24 heavy (non-hydrogen) atoms. The maximum absolute atomic E-state index is 12.4. The highest BCUT2D eigenvalue weighted by Gasteiger charge is 2.14. The topological polar surface area (TPSA) is 116 Å². The first-order chi connectivity index (χ1) is 11.5. The lowest BCUT2D eigenvalue weighted by molar-refractivity contribution is 0.374. The molecule has 0 spiro atoms. The number of H-pyrrole nitrogens is 1. The molecule has 0 aliphatic carbocycles. The number of aromatic amines is 1. The molecular formula is C17H12N2O5. The number of phenols is 3. The van der Waals surface area contributed by atoms with E-state index < -0.39 is 5.56 Å². The number of phenolic OH excluding ortho intramolecular Hbond substituents is 3. The molecule has 2 heterocycles. The zero-order valence-corrected chi connectivity index (χ0v) is 12.5. The first-order valence-corrected chi connectivity index (χ1v) is 7.07. The molecule has 0 saturated heterocycles. The minimum absolute atomic E-state index is 0.133. The quantitative estimate of drug-likeness (QED) is 0.315. The fraction of sp³-hybridized carbons (Fsp3) is 0.0588. The summed E-state index contributed by atoms with van der Waals surface area (Å²) in [7, 11) is 1.42. The van der Waals surface area contributed by atoms with E-state index in [-0.39, 0.29) is 23.0 Å². The largest absolute Gasteiger partial charge is 0.504 e. The van der Waals surface area contributed by atoms with Crippen molar-refractivity contribution in [3.05, 3.63) is 40.8 Å². The number of ether oxygens (including phenoxy) is 1. The summed E-state index contributed by atoms with van der Waals surface area (Å²) in [5.41, 5.74) is 0.509. The van der Waals surface area contributed by atoms with Gasteiger partial charge < -0.3 is 25.0 Å². The van der Waals surface area contributed by atoms with Crippen LogP contribution < -0.4 is 10.3 Å². The lowest BCUT2D eigenvalue weighted by atomic mass is 10.0. The van der Waals surface area contributed by atoms with E-state index in [4.69, 9.17) is 4.74 Å². The van der Waals surface area contributed by atoms with Gasteiger partial charge in [0, 0.05) is 28.4 Å². The summed E-state index contributed by atoms with van der Waals surface area (Å²) in [5, 5.41) is 31.2. The van der Waals surface area contributed by atoms with E-state index in [0.29, 0.717) is 32.6 Å². The van der Waals surface area contributed by atoms with Crippen molar-refractivity contribution < 1.29 is 20.1 Å². The van der Waals surface area contributed by atoms with Crippen LogP contribution in [0, 0.1) is 0 Å². The number of hydrogen-bond acceptors (Lipinski definition) is 6. The number of aromatic hydroxyl groups is 3. The standard InChI is InChI=1S/C17H12N2O5/c1-24-15-4-7-8(2-14(15)22)17(23)19-16-9-3-12(20)13(21)5-11(9)18-6-10(7)16/h2-6,20-22H,1H3,(H,19,23). The van der Waals surface area contributed by atoms with Crippen molar-refractivity contribution in [1.82, 2.24) is 9.97 Å². The van der Waals surface area contributed by atoms with E-state index in [1.807, 2.05) is 0 Å². The molecule has 4 rings (SSSR count). The maximum atomic E-state index is 12.4. The van der Waals surface area contributed by atoms with Gasteiger partial charge in [-0.2, -0.15) is 0 Å². The van der Waals surface area contributed by atoms with Gasteiger partial charge in [-0.15, -0.1) is 0 Å². The Morgan fingerprint density at radius 3 is 2.38 bits per heavy atom. The van der Waals surface area contributed by atoms with Crippen molar-refractivity contribution in [3.8, 4) is 23.0 Å². The first kappa shape index (κ1) is 14.1. The van der Waals surface area contributed by atoms with Crippen molar-refractivity contribution in [1.29, 1.82) is 0 Å². The van der Waals surface area contributed by atoms with Gasteiger partial charge in [-0.1, -0.05) is 0 Å². The Morgan fingerprint density at radius 2 is 1.62 bits per heavy atom. The van der Waals surface area contributed by atoms with Gasteiger partial charge in [0.05, 0.1) is 23.5 Å². The highest BCUT2D eigenvalue weighted by molar-refractivity contribution is 6.14. The van der Waals surface area contributed by atoms with Crippen LogP contribution in [0.25, 0.3) is 32.6 Å². The molecule has 4 N–H and O–H groups in total. The minimum atomic E-state index is -0.393. The van der Waals surface area contributed by atoms with Gasteiger partial charge in [-0.3, -0.25) is 9.78 Å². The van der Waals surface area contributed by atoms with Gasteiger partial charge in [0.25, 0.3) is 5.56 Å². The second-order valence-corrected chi connectivity index (χ2v) is 5.43. The third kappa shape index (κ3) is 1.84. The normalized spacial score (nSPS) is 11.4. The first-order valence-electron chi connectivity index (χ1n) is 7.07. The smallest absolute Gasteiger partial charge is 0.256 e. The van der Waals surface area contributed by atoms with Crippen molar-refractivity contribution >= 4 is 32.6 Å². The van der Waals surface area contributed by atoms with Crippen LogP contribution >= 0.6 is 0 Å². The number of rotatable bonds is 1. The molecule has 0 atom stereocenters. The monoisotopic (exact) mass is 324 g/mol. The van der Waals surface area contributed by atoms with Crippen molar-refractivity contribution in [2.45, 2.75) is 0 Å². The predicted octanol–water partition coefficient (Wildman–Crippen LogP) is 2.35. The fourth-order valence-electron chi connectivity index (χ4n) is 2.88. The molecule has 0 fully saturated rings. The van der Waals surface area contributed by atoms with E-state index in [1.54, 1.807) is 12.3 Å². The van der Waals surface area contributed by atoms with Crippen LogP contribution in [0.15, 0.2) is 35.3 Å². The molecule has 2 aromatic carbocycles. The number of nitrogens with zero attached hydrogens (tertiary/aromatic N) is 1. The van der Waals surface area contributed by atoms with Crippen LogP contribution in [0.3, 0.4) is 0 Å². The summed E-state index contributed by atoms with van der Waals surface area (Å²) in [6, 6.07) is 5.57. The molecule has 2 aromatic heterocycles. The zero-order valence-electron chi connectivity index (χ0n) is 12.5. The number of aromatic nitrogens is 2. The Labute approximate surface area is 134 Å². The Balaban J connectivity index is 2.25. The zero-order chi connectivity index (χ0) is 17.0. The molecule has 0 bridgehead atoms. The Morgan fingerprint density at radius 1 is 0.917 bits per heavy atom. The number of hydrogen-bond donors (Lipinski definition) is 4. The number of pyridine rings is 2. The molecule has 0 radical (unpaired) electrons. The molecular weight excluding hydrogens is 312 g/mol. The number of nitrogens with one attached hydrogen (secondary N) is 1. The lowest BCUT2D eigenvalue weighted by Crippen LogP contribution is -2.07. The van der Waals surface area contributed by atoms with Crippen LogP contribution in [0.4, 0.5) is 0 Å². The average molecular weight is 324 g/mol.